The monoisotopic (exact) mass is 314 g/mol. The number of nitrogen functional groups attached to an aromatic ring is 1. The quantitative estimate of drug-likeness (QED) is 0.350. The average Bonchev–Trinajstić information content (AvgIpc) is 2.53. The zero-order valence-corrected chi connectivity index (χ0v) is 13.3. The molecule has 0 spiro atoms. The number of methoxy groups -OCH3 is 1. The van der Waals surface area contributed by atoms with Crippen LogP contribution in [-0.4, -0.2) is 17.9 Å². The van der Waals surface area contributed by atoms with Gasteiger partial charge in [-0.3, -0.25) is 5.43 Å². The molecule has 0 heterocycles. The molecule has 0 unspecified atom stereocenters. The molecule has 22 heavy (non-hydrogen) atoms. The summed E-state index contributed by atoms with van der Waals surface area (Å²) in [7, 11) is 1.61. The van der Waals surface area contributed by atoms with E-state index in [1.807, 2.05) is 55.5 Å². The average molecular weight is 314 g/mol. The highest BCUT2D eigenvalue weighted by molar-refractivity contribution is 7.80. The van der Waals surface area contributed by atoms with Crippen molar-refractivity contribution in [3.63, 3.8) is 0 Å². The van der Waals surface area contributed by atoms with Crippen molar-refractivity contribution < 1.29 is 4.74 Å². The fourth-order valence-corrected chi connectivity index (χ4v) is 2.02. The van der Waals surface area contributed by atoms with Gasteiger partial charge in [-0.25, -0.2) is 0 Å². The summed E-state index contributed by atoms with van der Waals surface area (Å²) < 4.78 is 5.25. The van der Waals surface area contributed by atoms with Gasteiger partial charge in [0.15, 0.2) is 5.11 Å². The van der Waals surface area contributed by atoms with Crippen LogP contribution in [0.25, 0.3) is 0 Å². The van der Waals surface area contributed by atoms with Gasteiger partial charge in [0.25, 0.3) is 0 Å². The number of ether oxygens (including phenoxy) is 1. The molecule has 0 saturated carbocycles. The Morgan fingerprint density at radius 2 is 1.95 bits per heavy atom. The van der Waals surface area contributed by atoms with E-state index in [4.69, 9.17) is 22.7 Å². The molecule has 2 aromatic rings. The molecule has 2 rings (SSSR count). The predicted octanol–water partition coefficient (Wildman–Crippen LogP) is 2.99. The number of rotatable bonds is 4. The second kappa shape index (κ2) is 7.42. The van der Waals surface area contributed by atoms with Gasteiger partial charge in [-0.05, 0) is 49.0 Å². The van der Waals surface area contributed by atoms with Crippen LogP contribution >= 0.6 is 12.2 Å². The molecule has 2 aromatic carbocycles. The topological polar surface area (TPSA) is 71.7 Å². The zero-order chi connectivity index (χ0) is 15.9. The van der Waals surface area contributed by atoms with Crippen molar-refractivity contribution in [2.24, 2.45) is 5.10 Å². The van der Waals surface area contributed by atoms with Gasteiger partial charge >= 0.3 is 0 Å². The summed E-state index contributed by atoms with van der Waals surface area (Å²) in [6, 6.07) is 15.0. The number of anilines is 2. The Bertz CT molecular complexity index is 700. The van der Waals surface area contributed by atoms with Crippen LogP contribution in [0.15, 0.2) is 53.6 Å². The summed E-state index contributed by atoms with van der Waals surface area (Å²) in [4.78, 5) is 0. The third-order valence-corrected chi connectivity index (χ3v) is 3.18. The van der Waals surface area contributed by atoms with Crippen molar-refractivity contribution in [1.29, 1.82) is 0 Å². The summed E-state index contributed by atoms with van der Waals surface area (Å²) >= 11 is 5.23. The smallest absolute Gasteiger partial charge is 0.191 e. The van der Waals surface area contributed by atoms with Crippen molar-refractivity contribution in [3.8, 4) is 5.75 Å². The molecule has 114 valence electrons. The number of hydrazone groups is 1. The molecule has 0 aliphatic heterocycles. The van der Waals surface area contributed by atoms with Gasteiger partial charge in [0.05, 0.1) is 18.5 Å². The van der Waals surface area contributed by atoms with Crippen LogP contribution in [0.3, 0.4) is 0 Å². The first-order valence-electron chi connectivity index (χ1n) is 6.70. The predicted molar refractivity (Wildman–Crippen MR) is 95.4 cm³/mol. The van der Waals surface area contributed by atoms with Crippen LogP contribution in [0, 0.1) is 0 Å². The largest absolute Gasteiger partial charge is 0.495 e. The van der Waals surface area contributed by atoms with E-state index in [0.29, 0.717) is 16.5 Å². The maximum Gasteiger partial charge on any atom is 0.191 e. The van der Waals surface area contributed by atoms with Crippen LogP contribution < -0.4 is 21.2 Å². The van der Waals surface area contributed by atoms with E-state index in [0.717, 1.165) is 17.0 Å². The number of para-hydroxylation sites is 2. The van der Waals surface area contributed by atoms with E-state index in [9.17, 15) is 0 Å². The molecule has 0 aliphatic carbocycles. The van der Waals surface area contributed by atoms with Crippen molar-refractivity contribution in [2.45, 2.75) is 6.92 Å². The highest BCUT2D eigenvalue weighted by atomic mass is 32.1. The molecule has 6 heteroatoms. The standard InChI is InChI=1S/C16H18N4OS/c1-11(12-6-5-7-13(17)10-12)19-20-16(22)18-14-8-3-4-9-15(14)21-2/h3-10H,17H2,1-2H3,(H2,18,20,22)/b19-11-. The molecule has 0 saturated heterocycles. The highest BCUT2D eigenvalue weighted by Crippen LogP contribution is 2.22. The van der Waals surface area contributed by atoms with Crippen molar-refractivity contribution in [1.82, 2.24) is 5.43 Å². The van der Waals surface area contributed by atoms with Gasteiger partial charge in [0.1, 0.15) is 5.75 Å². The normalized spacial score (nSPS) is 10.9. The molecule has 4 N–H and O–H groups in total. The number of hydrogen-bond donors (Lipinski definition) is 3. The molecule has 0 bridgehead atoms. The first-order valence-corrected chi connectivity index (χ1v) is 7.11. The molecule has 0 fully saturated rings. The summed E-state index contributed by atoms with van der Waals surface area (Å²) in [6.45, 7) is 1.88. The molecular formula is C16H18N4OS. The lowest BCUT2D eigenvalue weighted by Gasteiger charge is -2.11. The third kappa shape index (κ3) is 4.20. The van der Waals surface area contributed by atoms with Crippen LogP contribution in [0.4, 0.5) is 11.4 Å². The maximum absolute atomic E-state index is 5.76. The number of nitrogens with one attached hydrogen (secondary N) is 2. The number of nitrogens with two attached hydrogens (primary N) is 1. The lowest BCUT2D eigenvalue weighted by Crippen LogP contribution is -2.25. The van der Waals surface area contributed by atoms with E-state index < -0.39 is 0 Å². The van der Waals surface area contributed by atoms with Crippen LogP contribution in [-0.2, 0) is 0 Å². The Kier molecular flexibility index (Phi) is 5.32. The SMILES string of the molecule is COc1ccccc1NC(=S)N/N=C(/C)c1cccc(N)c1. The van der Waals surface area contributed by atoms with E-state index in [1.54, 1.807) is 7.11 Å². The van der Waals surface area contributed by atoms with Crippen molar-refractivity contribution >= 4 is 34.4 Å². The Labute approximate surface area is 135 Å². The Balaban J connectivity index is 2.01. The molecule has 0 amide bonds. The highest BCUT2D eigenvalue weighted by Gasteiger charge is 2.03. The minimum absolute atomic E-state index is 0.382. The third-order valence-electron chi connectivity index (χ3n) is 2.98. The number of thiocarbonyl (C=S) groups is 1. The van der Waals surface area contributed by atoms with Gasteiger partial charge in [-0.2, -0.15) is 5.10 Å². The summed E-state index contributed by atoms with van der Waals surface area (Å²) in [5, 5.41) is 7.68. The van der Waals surface area contributed by atoms with Crippen molar-refractivity contribution in [2.75, 3.05) is 18.2 Å². The number of nitrogens with zero attached hydrogens (tertiary/aromatic N) is 1. The lowest BCUT2D eigenvalue weighted by atomic mass is 10.1. The number of hydrogen-bond acceptors (Lipinski definition) is 4. The molecule has 0 aromatic heterocycles. The summed E-state index contributed by atoms with van der Waals surface area (Å²) in [6.07, 6.45) is 0. The zero-order valence-electron chi connectivity index (χ0n) is 12.5. The van der Waals surface area contributed by atoms with E-state index in [2.05, 4.69) is 15.8 Å². The molecular weight excluding hydrogens is 296 g/mol. The van der Waals surface area contributed by atoms with Gasteiger partial charge < -0.3 is 15.8 Å². The first-order chi connectivity index (χ1) is 10.6. The van der Waals surface area contributed by atoms with Crippen LogP contribution in [0.1, 0.15) is 12.5 Å². The fourth-order valence-electron chi connectivity index (χ4n) is 1.86. The fraction of sp³-hybridized carbons (Fsp3) is 0.125. The van der Waals surface area contributed by atoms with Gasteiger partial charge in [0, 0.05) is 5.69 Å². The molecule has 0 atom stereocenters. The van der Waals surface area contributed by atoms with Crippen LogP contribution in [0.5, 0.6) is 5.75 Å². The van der Waals surface area contributed by atoms with Gasteiger partial charge in [-0.1, -0.05) is 24.3 Å². The Morgan fingerprint density at radius 1 is 1.18 bits per heavy atom. The molecule has 0 aliphatic rings. The van der Waals surface area contributed by atoms with E-state index in [-0.39, 0.29) is 0 Å². The van der Waals surface area contributed by atoms with Gasteiger partial charge in [-0.15, -0.1) is 0 Å². The van der Waals surface area contributed by atoms with E-state index in [1.165, 1.54) is 0 Å². The molecule has 5 nitrogen and oxygen atoms in total. The summed E-state index contributed by atoms with van der Waals surface area (Å²) in [5.41, 5.74) is 11.8. The number of benzene rings is 2. The Hall–Kier alpha value is -2.60. The van der Waals surface area contributed by atoms with Gasteiger partial charge in [0.2, 0.25) is 0 Å². The van der Waals surface area contributed by atoms with Crippen LogP contribution in [0.2, 0.25) is 0 Å². The van der Waals surface area contributed by atoms with E-state index >= 15 is 0 Å². The minimum Gasteiger partial charge on any atom is -0.495 e. The molecule has 0 radical (unpaired) electrons. The second-order valence-electron chi connectivity index (χ2n) is 4.59. The first kappa shape index (κ1) is 15.8. The summed E-state index contributed by atoms with van der Waals surface area (Å²) in [5.74, 6) is 0.711. The lowest BCUT2D eigenvalue weighted by molar-refractivity contribution is 0.417. The maximum atomic E-state index is 5.76. The minimum atomic E-state index is 0.382. The Morgan fingerprint density at radius 3 is 2.68 bits per heavy atom. The second-order valence-corrected chi connectivity index (χ2v) is 5.00. The van der Waals surface area contributed by atoms with Crippen molar-refractivity contribution in [3.05, 3.63) is 54.1 Å².